The van der Waals surface area contributed by atoms with Gasteiger partial charge in [-0.3, -0.25) is 9.36 Å². The predicted molar refractivity (Wildman–Crippen MR) is 163 cm³/mol. The van der Waals surface area contributed by atoms with E-state index in [9.17, 15) is 9.90 Å². The Kier molecular flexibility index (Phi) is 8.49. The zero-order valence-corrected chi connectivity index (χ0v) is 25.0. The Labute approximate surface area is 240 Å². The number of hydrazone groups is 1. The second kappa shape index (κ2) is 11.7. The lowest BCUT2D eigenvalue weighted by Gasteiger charge is -2.27. The minimum atomic E-state index is -0.258. The predicted octanol–water partition coefficient (Wildman–Crippen LogP) is 6.79. The number of thioether (sulfide) groups is 1. The summed E-state index contributed by atoms with van der Waals surface area (Å²) in [6.45, 7) is 14.4. The monoisotopic (exact) mass is 555 g/mol. The number of rotatable bonds is 7. The molecule has 2 N–H and O–H groups in total. The van der Waals surface area contributed by atoms with Crippen molar-refractivity contribution in [2.45, 2.75) is 64.5 Å². The second-order valence-corrected chi connectivity index (χ2v) is 12.8. The molecule has 0 atom stereocenters. The number of nitrogens with one attached hydrogen (secondary N) is 1. The number of benzene rings is 3. The molecule has 40 heavy (non-hydrogen) atoms. The van der Waals surface area contributed by atoms with E-state index >= 15 is 0 Å². The molecule has 0 bridgehead atoms. The third-order valence-corrected chi connectivity index (χ3v) is 7.37. The van der Waals surface area contributed by atoms with Gasteiger partial charge in [0.05, 0.1) is 12.0 Å². The van der Waals surface area contributed by atoms with E-state index in [1.54, 1.807) is 6.21 Å². The highest BCUT2D eigenvalue weighted by Crippen LogP contribution is 2.39. The minimum Gasteiger partial charge on any atom is -0.507 e. The quantitative estimate of drug-likeness (QED) is 0.149. The SMILES string of the molecule is Cc1ccc(-c2nnc(SCC(=O)N/N=C/c3cc(C(C)(C)C)c(O)c(C(C)(C)C)c3)n2-c2ccccc2)cc1. The number of phenolic OH excluding ortho intramolecular Hbond substituents is 1. The molecule has 4 aromatic rings. The molecule has 0 saturated carbocycles. The van der Waals surface area contributed by atoms with Gasteiger partial charge in [-0.2, -0.15) is 5.10 Å². The fourth-order valence-corrected chi connectivity index (χ4v) is 5.02. The van der Waals surface area contributed by atoms with Crippen molar-refractivity contribution in [3.05, 3.63) is 89.0 Å². The number of hydrogen-bond donors (Lipinski definition) is 2. The number of nitrogens with zero attached hydrogens (tertiary/aromatic N) is 4. The first-order chi connectivity index (χ1) is 18.8. The van der Waals surface area contributed by atoms with Gasteiger partial charge in [0.1, 0.15) is 5.75 Å². The highest BCUT2D eigenvalue weighted by Gasteiger charge is 2.26. The van der Waals surface area contributed by atoms with Crippen molar-refractivity contribution < 1.29 is 9.90 Å². The van der Waals surface area contributed by atoms with Gasteiger partial charge in [-0.05, 0) is 47.6 Å². The van der Waals surface area contributed by atoms with Gasteiger partial charge >= 0.3 is 0 Å². The summed E-state index contributed by atoms with van der Waals surface area (Å²) in [5, 5.41) is 24.6. The lowest BCUT2D eigenvalue weighted by Crippen LogP contribution is -2.20. The first kappa shape index (κ1) is 29.1. The van der Waals surface area contributed by atoms with Gasteiger partial charge in [-0.15, -0.1) is 10.2 Å². The van der Waals surface area contributed by atoms with Crippen LogP contribution in [0, 0.1) is 6.92 Å². The van der Waals surface area contributed by atoms with Gasteiger partial charge in [-0.25, -0.2) is 5.43 Å². The lowest BCUT2D eigenvalue weighted by molar-refractivity contribution is -0.118. The van der Waals surface area contributed by atoms with Crippen molar-refractivity contribution in [3.8, 4) is 22.8 Å². The number of hydrogen-bond acceptors (Lipinski definition) is 6. The Balaban J connectivity index is 1.51. The number of aryl methyl sites for hydroxylation is 1. The van der Waals surface area contributed by atoms with Crippen LogP contribution in [0.1, 0.15) is 63.8 Å². The molecule has 3 aromatic carbocycles. The fourth-order valence-electron chi connectivity index (χ4n) is 4.28. The molecule has 1 heterocycles. The molecule has 0 fully saturated rings. The average molecular weight is 556 g/mol. The maximum Gasteiger partial charge on any atom is 0.250 e. The highest BCUT2D eigenvalue weighted by atomic mass is 32.2. The van der Waals surface area contributed by atoms with E-state index in [4.69, 9.17) is 0 Å². The molecule has 7 nitrogen and oxygen atoms in total. The number of para-hydroxylation sites is 1. The summed E-state index contributed by atoms with van der Waals surface area (Å²) in [4.78, 5) is 12.7. The number of amides is 1. The summed E-state index contributed by atoms with van der Waals surface area (Å²) in [5.41, 5.74) is 7.65. The Morgan fingerprint density at radius 2 is 1.55 bits per heavy atom. The van der Waals surface area contributed by atoms with Crippen molar-refractivity contribution in [2.75, 3.05) is 5.75 Å². The molecule has 1 aromatic heterocycles. The van der Waals surface area contributed by atoms with Crippen LogP contribution in [0.4, 0.5) is 0 Å². The molecule has 4 rings (SSSR count). The topological polar surface area (TPSA) is 92.4 Å². The molecule has 8 heteroatoms. The fraction of sp³-hybridized carbons (Fsp3) is 0.312. The minimum absolute atomic E-state index is 0.117. The summed E-state index contributed by atoms with van der Waals surface area (Å²) in [6, 6.07) is 21.8. The molecule has 0 saturated heterocycles. The molecular weight excluding hydrogens is 518 g/mol. The first-order valence-electron chi connectivity index (χ1n) is 13.2. The van der Waals surface area contributed by atoms with E-state index in [1.807, 2.05) is 78.2 Å². The number of phenols is 1. The van der Waals surface area contributed by atoms with E-state index in [0.29, 0.717) is 16.7 Å². The maximum absolute atomic E-state index is 12.7. The molecule has 1 amide bonds. The van der Waals surface area contributed by atoms with E-state index in [2.05, 4.69) is 62.3 Å². The van der Waals surface area contributed by atoms with Gasteiger partial charge in [0, 0.05) is 22.4 Å². The van der Waals surface area contributed by atoms with Crippen LogP contribution in [0.2, 0.25) is 0 Å². The molecular formula is C32H37N5O2S. The number of carbonyl (C=O) groups is 1. The van der Waals surface area contributed by atoms with Crippen LogP contribution in [0.15, 0.2) is 77.0 Å². The van der Waals surface area contributed by atoms with Gasteiger partial charge < -0.3 is 5.11 Å². The average Bonchev–Trinajstić information content (AvgIpc) is 3.32. The Morgan fingerprint density at radius 1 is 0.950 bits per heavy atom. The smallest absolute Gasteiger partial charge is 0.250 e. The van der Waals surface area contributed by atoms with Gasteiger partial charge in [0.2, 0.25) is 0 Å². The van der Waals surface area contributed by atoms with Crippen LogP contribution in [-0.4, -0.2) is 37.7 Å². The van der Waals surface area contributed by atoms with Gasteiger partial charge in [-0.1, -0.05) is 101 Å². The van der Waals surface area contributed by atoms with E-state index < -0.39 is 0 Å². The first-order valence-corrected chi connectivity index (χ1v) is 14.2. The van der Waals surface area contributed by atoms with Crippen molar-refractivity contribution in [3.63, 3.8) is 0 Å². The molecule has 0 aliphatic heterocycles. The number of aromatic hydroxyl groups is 1. The maximum atomic E-state index is 12.7. The number of carbonyl (C=O) groups excluding carboxylic acids is 1. The van der Waals surface area contributed by atoms with Crippen LogP contribution in [0.3, 0.4) is 0 Å². The Morgan fingerprint density at radius 3 is 2.12 bits per heavy atom. The van der Waals surface area contributed by atoms with E-state index in [0.717, 1.165) is 33.5 Å². The third-order valence-electron chi connectivity index (χ3n) is 6.44. The summed E-state index contributed by atoms with van der Waals surface area (Å²) in [6.07, 6.45) is 1.62. The zero-order chi connectivity index (χ0) is 29.1. The van der Waals surface area contributed by atoms with Crippen LogP contribution in [0.25, 0.3) is 17.1 Å². The molecule has 0 aliphatic rings. The van der Waals surface area contributed by atoms with Crippen molar-refractivity contribution in [1.82, 2.24) is 20.2 Å². The van der Waals surface area contributed by atoms with Crippen LogP contribution >= 0.6 is 11.8 Å². The Hall–Kier alpha value is -3.91. The third kappa shape index (κ3) is 6.80. The van der Waals surface area contributed by atoms with Crippen LogP contribution in [0.5, 0.6) is 5.75 Å². The number of aromatic nitrogens is 3. The van der Waals surface area contributed by atoms with Gasteiger partial charge in [0.25, 0.3) is 5.91 Å². The normalized spacial score (nSPS) is 12.2. The standard InChI is InChI=1S/C32H37N5O2S/c1-21-13-15-23(16-14-21)29-35-36-30(37(29)24-11-9-8-10-12-24)40-20-27(38)34-33-19-22-17-25(31(2,3)4)28(39)26(18-22)32(5,6)7/h8-19,39H,20H2,1-7H3,(H,34,38)/b33-19+. The summed E-state index contributed by atoms with van der Waals surface area (Å²) >= 11 is 1.30. The molecule has 0 radical (unpaired) electrons. The van der Waals surface area contributed by atoms with Crippen molar-refractivity contribution in [2.24, 2.45) is 5.10 Å². The largest absolute Gasteiger partial charge is 0.507 e. The van der Waals surface area contributed by atoms with E-state index in [1.165, 1.54) is 11.8 Å². The van der Waals surface area contributed by atoms with Crippen LogP contribution in [-0.2, 0) is 15.6 Å². The summed E-state index contributed by atoms with van der Waals surface area (Å²) in [5.74, 6) is 0.882. The van der Waals surface area contributed by atoms with Crippen LogP contribution < -0.4 is 5.43 Å². The molecule has 208 valence electrons. The van der Waals surface area contributed by atoms with E-state index in [-0.39, 0.29) is 22.5 Å². The summed E-state index contributed by atoms with van der Waals surface area (Å²) in [7, 11) is 0. The molecule has 0 spiro atoms. The Bertz CT molecular complexity index is 1480. The summed E-state index contributed by atoms with van der Waals surface area (Å²) < 4.78 is 1.96. The lowest BCUT2D eigenvalue weighted by atomic mass is 9.78. The highest BCUT2D eigenvalue weighted by molar-refractivity contribution is 7.99. The second-order valence-electron chi connectivity index (χ2n) is 11.9. The van der Waals surface area contributed by atoms with Crippen molar-refractivity contribution in [1.29, 1.82) is 0 Å². The zero-order valence-electron chi connectivity index (χ0n) is 24.2. The molecule has 0 aliphatic carbocycles. The van der Waals surface area contributed by atoms with Gasteiger partial charge in [0.15, 0.2) is 11.0 Å². The molecule has 0 unspecified atom stereocenters. The van der Waals surface area contributed by atoms with Crippen molar-refractivity contribution >= 4 is 23.9 Å².